The van der Waals surface area contributed by atoms with Gasteiger partial charge in [-0.25, -0.2) is 0 Å². The van der Waals surface area contributed by atoms with Gasteiger partial charge in [0.15, 0.2) is 0 Å². The highest BCUT2D eigenvalue weighted by molar-refractivity contribution is 7.71. The van der Waals surface area contributed by atoms with Gasteiger partial charge < -0.3 is 0 Å². The summed E-state index contributed by atoms with van der Waals surface area (Å²) < 4.78 is 6.87. The van der Waals surface area contributed by atoms with Gasteiger partial charge in [-0.05, 0) is 75.7 Å². The Kier molecular flexibility index (Phi) is 12.4. The molecule has 21 nitrogen and oxygen atoms in total. The van der Waals surface area contributed by atoms with Crippen molar-refractivity contribution in [3.8, 4) is 0 Å². The second-order valence-corrected chi connectivity index (χ2v) is 13.9. The molecule has 4 unspecified atom stereocenters. The van der Waals surface area contributed by atoms with Gasteiger partial charge in [0.2, 0.25) is 0 Å². The van der Waals surface area contributed by atoms with Crippen molar-refractivity contribution < 1.29 is 19.7 Å². The maximum atomic E-state index is 11.3. The lowest BCUT2D eigenvalue weighted by molar-refractivity contribution is -0.384. The third-order valence-electron chi connectivity index (χ3n) is 8.00. The zero-order valence-corrected chi connectivity index (χ0v) is 34.2. The van der Waals surface area contributed by atoms with Gasteiger partial charge in [0.25, 0.3) is 28.3 Å². The van der Waals surface area contributed by atoms with E-state index in [4.69, 9.17) is 12.2 Å². The highest BCUT2D eigenvalue weighted by atomic mass is 32.1. The minimum atomic E-state index is -0.529. The fourth-order valence-electron chi connectivity index (χ4n) is 5.31. The zero-order chi connectivity index (χ0) is 41.2. The van der Waals surface area contributed by atoms with Crippen LogP contribution in [0.3, 0.4) is 0 Å². The average molecular weight is 857 g/mol. The highest BCUT2D eigenvalue weighted by Crippen LogP contribution is 2.26. The standard InChI is InChI=1S/2C8H8N3O2P.C7H6N3O3P.C7H6N3O2PS/c2*1-5-7-4-6(11(12)13)2-3-8(7)10(14)9-5;11-7-5-3-4(10(12)13)1-2-6(5)9(14)8-7;11-10(12)4-1-2-6-5(3-4)7(14)8-9(6)13/h2*2-4H,14H2,1H3;1-3H,14H2,(H,8,11);1-3H,13H2,(H,8,14). The van der Waals surface area contributed by atoms with Crippen molar-refractivity contribution in [3.63, 3.8) is 0 Å². The first kappa shape index (κ1) is 41.3. The summed E-state index contributed by atoms with van der Waals surface area (Å²) in [4.78, 5) is 51.5. The van der Waals surface area contributed by atoms with Crippen molar-refractivity contribution >= 4 is 116 Å². The van der Waals surface area contributed by atoms with Gasteiger partial charge in [-0.1, -0.05) is 12.2 Å². The summed E-state index contributed by atoms with van der Waals surface area (Å²) in [5, 5.41) is 58.3. The Bertz CT molecular complexity index is 2790. The molecule has 0 saturated heterocycles. The SMILES string of the molecule is Cc1nn(P)c2ccc([N+](=O)[O-])cc12.Cc1nn(P)c2ccc([N+](=O)[O-])cc12.O=[N+]([O-])c1ccc2c(c1)c(=S)[nH]n2P.O=c1[nH]n(P)c2ccc([N+](=O)[O-])cc12. The fraction of sp³-hybridized carbons (Fsp3) is 0.0667. The molecule has 0 saturated carbocycles. The van der Waals surface area contributed by atoms with E-state index < -0.39 is 19.7 Å². The van der Waals surface area contributed by atoms with E-state index in [-0.39, 0.29) is 28.3 Å². The third-order valence-corrected chi connectivity index (χ3v) is 9.92. The average Bonchev–Trinajstić information content (AvgIpc) is 3.82. The van der Waals surface area contributed by atoms with Crippen molar-refractivity contribution in [1.29, 1.82) is 0 Å². The number of nitro groups is 4. The van der Waals surface area contributed by atoms with E-state index in [0.29, 0.717) is 20.9 Å². The number of nitro benzene ring substituents is 4. The number of non-ortho nitro benzene ring substituents is 4. The number of aromatic amines is 2. The van der Waals surface area contributed by atoms with Crippen LogP contribution >= 0.6 is 49.8 Å². The summed E-state index contributed by atoms with van der Waals surface area (Å²) in [7, 11) is 9.61. The van der Waals surface area contributed by atoms with Crippen molar-refractivity contribution in [1.82, 2.24) is 38.2 Å². The first-order chi connectivity index (χ1) is 26.4. The number of rotatable bonds is 4. The van der Waals surface area contributed by atoms with E-state index in [9.17, 15) is 45.3 Å². The molecule has 8 rings (SSSR count). The number of hydrogen-bond acceptors (Lipinski definition) is 12. The molecule has 0 radical (unpaired) electrons. The number of aromatic nitrogens is 8. The molecular weight excluding hydrogens is 828 g/mol. The highest BCUT2D eigenvalue weighted by Gasteiger charge is 2.13. The van der Waals surface area contributed by atoms with Gasteiger partial charge in [0, 0.05) is 64.7 Å². The van der Waals surface area contributed by atoms with Gasteiger partial charge in [0.05, 0.1) is 58.5 Å². The number of fused-ring (bicyclic) bond motifs is 4. The van der Waals surface area contributed by atoms with Crippen LogP contribution in [0, 0.1) is 58.9 Å². The number of benzene rings is 4. The number of nitrogens with one attached hydrogen (secondary N) is 2. The molecule has 4 aromatic carbocycles. The number of nitrogens with zero attached hydrogens (tertiary/aromatic N) is 10. The van der Waals surface area contributed by atoms with Crippen LogP contribution in [-0.4, -0.2) is 57.9 Å². The van der Waals surface area contributed by atoms with Gasteiger partial charge >= 0.3 is 0 Å². The Labute approximate surface area is 326 Å². The topological polar surface area (TPSA) is 267 Å². The minimum absolute atomic E-state index is 0.0493. The Hall–Kier alpha value is -5.90. The van der Waals surface area contributed by atoms with Crippen molar-refractivity contribution in [2.75, 3.05) is 0 Å². The van der Waals surface area contributed by atoms with E-state index in [2.05, 4.69) is 58.0 Å². The molecule has 288 valence electrons. The maximum Gasteiger partial charge on any atom is 0.272 e. The normalized spacial score (nSPS) is 10.7. The molecule has 2 N–H and O–H groups in total. The number of aryl methyl sites for hydroxylation is 2. The molecule has 4 atom stereocenters. The van der Waals surface area contributed by atoms with Crippen LogP contribution < -0.4 is 5.56 Å². The fourth-order valence-corrected chi connectivity index (χ4v) is 7.16. The lowest BCUT2D eigenvalue weighted by atomic mass is 10.2. The lowest BCUT2D eigenvalue weighted by Gasteiger charge is -1.93. The lowest BCUT2D eigenvalue weighted by Crippen LogP contribution is -1.99. The largest absolute Gasteiger partial charge is 0.285 e. The van der Waals surface area contributed by atoms with E-state index in [1.807, 2.05) is 13.8 Å². The summed E-state index contributed by atoms with van der Waals surface area (Å²) in [6, 6.07) is 18.1. The molecule has 0 spiro atoms. The molecule has 0 aliphatic heterocycles. The van der Waals surface area contributed by atoms with Gasteiger partial charge in [-0.3, -0.25) is 73.3 Å². The molecular formula is C30H28N12O9P4S. The summed E-state index contributed by atoms with van der Waals surface area (Å²) >= 11 is 5.01. The Morgan fingerprint density at radius 2 is 0.857 bits per heavy atom. The molecule has 4 heterocycles. The van der Waals surface area contributed by atoms with Crippen molar-refractivity contribution in [2.45, 2.75) is 13.8 Å². The van der Waals surface area contributed by atoms with Crippen LogP contribution in [0.1, 0.15) is 11.4 Å². The van der Waals surface area contributed by atoms with Crippen LogP contribution in [0.2, 0.25) is 0 Å². The maximum absolute atomic E-state index is 11.3. The van der Waals surface area contributed by atoms with Gasteiger partial charge in [-0.2, -0.15) is 10.2 Å². The predicted molar refractivity (Wildman–Crippen MR) is 226 cm³/mol. The number of hydrogen-bond donors (Lipinski definition) is 2. The van der Waals surface area contributed by atoms with Gasteiger partial charge in [-0.15, -0.1) is 0 Å². The van der Waals surface area contributed by atoms with Crippen LogP contribution in [0.5, 0.6) is 0 Å². The van der Waals surface area contributed by atoms with Crippen LogP contribution in [0.4, 0.5) is 22.7 Å². The molecule has 0 aliphatic rings. The second kappa shape index (κ2) is 16.9. The van der Waals surface area contributed by atoms with Crippen LogP contribution in [0.15, 0.2) is 77.6 Å². The Morgan fingerprint density at radius 3 is 1.25 bits per heavy atom. The Morgan fingerprint density at radius 1 is 0.536 bits per heavy atom. The monoisotopic (exact) mass is 856 g/mol. The molecule has 0 amide bonds. The van der Waals surface area contributed by atoms with Crippen molar-refractivity contribution in [2.24, 2.45) is 0 Å². The molecule has 8 aromatic rings. The van der Waals surface area contributed by atoms with Crippen molar-refractivity contribution in [3.05, 3.63) is 140 Å². The van der Waals surface area contributed by atoms with Crippen LogP contribution in [0.25, 0.3) is 43.6 Å². The first-order valence-corrected chi connectivity index (χ1v) is 17.9. The summed E-state index contributed by atoms with van der Waals surface area (Å²) in [5.41, 5.74) is 4.59. The Balaban J connectivity index is 0.000000143. The smallest absolute Gasteiger partial charge is 0.272 e. The minimum Gasteiger partial charge on any atom is -0.285 e. The first-order valence-electron chi connectivity index (χ1n) is 15.4. The summed E-state index contributed by atoms with van der Waals surface area (Å²) in [6.07, 6.45) is 0. The molecule has 56 heavy (non-hydrogen) atoms. The summed E-state index contributed by atoms with van der Waals surface area (Å²) in [5.74, 6) is 0. The van der Waals surface area contributed by atoms with E-state index in [1.165, 1.54) is 59.0 Å². The predicted octanol–water partition coefficient (Wildman–Crippen LogP) is 6.90. The third kappa shape index (κ3) is 8.80. The number of H-pyrrole nitrogens is 2. The molecule has 0 aliphatic carbocycles. The van der Waals surface area contributed by atoms with E-state index in [0.717, 1.165) is 38.7 Å². The molecule has 0 bridgehead atoms. The van der Waals surface area contributed by atoms with Crippen LogP contribution in [-0.2, 0) is 0 Å². The molecule has 26 heteroatoms. The molecule has 0 fully saturated rings. The van der Waals surface area contributed by atoms with Gasteiger partial charge in [0.1, 0.15) is 4.64 Å². The van der Waals surface area contributed by atoms with E-state index >= 15 is 0 Å². The zero-order valence-electron chi connectivity index (χ0n) is 28.8. The van der Waals surface area contributed by atoms with E-state index in [1.54, 1.807) is 31.6 Å². The summed E-state index contributed by atoms with van der Waals surface area (Å²) in [6.45, 7) is 3.65. The second-order valence-electron chi connectivity index (χ2n) is 11.5. The quantitative estimate of drug-likeness (QED) is 0.0792. The molecule has 4 aromatic heterocycles.